The topological polar surface area (TPSA) is 233 Å². The molecule has 13 nitrogen and oxygen atoms in total. The fraction of sp³-hybridized carbons (Fsp3) is 0.600. The number of hydrogen-bond acceptors (Lipinski definition) is 7. The maximum Gasteiger partial charge on any atom is 0.326 e. The van der Waals surface area contributed by atoms with Crippen LogP contribution in [0.2, 0.25) is 0 Å². The smallest absolute Gasteiger partial charge is 0.326 e. The minimum Gasteiger partial charge on any atom is -0.481 e. The summed E-state index contributed by atoms with van der Waals surface area (Å²) in [5.74, 6) is -7.19. The first-order valence-corrected chi connectivity index (χ1v) is 8.18. The number of carbonyl (C=O) groups excluding carboxylic acids is 2. The molecule has 0 fully saturated rings. The molecule has 0 aliphatic carbocycles. The van der Waals surface area contributed by atoms with Crippen molar-refractivity contribution in [1.82, 2.24) is 10.6 Å². The summed E-state index contributed by atoms with van der Waals surface area (Å²) in [6.45, 7) is 0. The monoisotopic (exact) mass is 405 g/mol. The molecule has 0 aromatic carbocycles. The third-order valence-corrected chi connectivity index (χ3v) is 3.55. The Morgan fingerprint density at radius 2 is 1.04 bits per heavy atom. The van der Waals surface area contributed by atoms with Crippen molar-refractivity contribution in [3.63, 3.8) is 0 Å². The number of nitrogens with two attached hydrogens (primary N) is 1. The number of carboxylic acid groups (broad SMARTS) is 4. The number of carbonyl (C=O) groups is 6. The zero-order valence-electron chi connectivity index (χ0n) is 14.8. The molecule has 0 bridgehead atoms. The Hall–Kier alpha value is -3.22. The van der Waals surface area contributed by atoms with Crippen molar-refractivity contribution in [2.75, 3.05) is 0 Å². The average Bonchev–Trinajstić information content (AvgIpc) is 2.58. The molecule has 3 unspecified atom stereocenters. The van der Waals surface area contributed by atoms with E-state index in [1.807, 2.05) is 5.32 Å². The minimum absolute atomic E-state index is 0.231. The molecule has 0 aromatic heterocycles. The highest BCUT2D eigenvalue weighted by atomic mass is 16.4. The van der Waals surface area contributed by atoms with Crippen molar-refractivity contribution in [3.8, 4) is 0 Å². The second kappa shape index (κ2) is 12.2. The molecule has 13 heteroatoms. The summed E-state index contributed by atoms with van der Waals surface area (Å²) in [5, 5.41) is 39.2. The normalized spacial score (nSPS) is 13.6. The lowest BCUT2D eigenvalue weighted by atomic mass is 10.1. The van der Waals surface area contributed by atoms with E-state index in [9.17, 15) is 28.8 Å². The second-order valence-electron chi connectivity index (χ2n) is 5.86. The molecule has 2 amide bonds. The van der Waals surface area contributed by atoms with Gasteiger partial charge in [-0.3, -0.25) is 24.0 Å². The zero-order valence-corrected chi connectivity index (χ0v) is 14.8. The Bertz CT molecular complexity index is 621. The van der Waals surface area contributed by atoms with Gasteiger partial charge in [-0.1, -0.05) is 0 Å². The molecule has 0 saturated heterocycles. The predicted octanol–water partition coefficient (Wildman–Crippen LogP) is -2.04. The Kier molecular flexibility index (Phi) is 10.8. The van der Waals surface area contributed by atoms with Crippen molar-refractivity contribution in [1.29, 1.82) is 0 Å². The van der Waals surface area contributed by atoms with Crippen LogP contribution < -0.4 is 16.4 Å². The van der Waals surface area contributed by atoms with E-state index in [4.69, 9.17) is 26.2 Å². The van der Waals surface area contributed by atoms with E-state index in [0.717, 1.165) is 0 Å². The van der Waals surface area contributed by atoms with Crippen LogP contribution in [0.25, 0.3) is 0 Å². The molecule has 0 heterocycles. The van der Waals surface area contributed by atoms with Crippen LogP contribution >= 0.6 is 0 Å². The van der Waals surface area contributed by atoms with Gasteiger partial charge >= 0.3 is 23.9 Å². The van der Waals surface area contributed by atoms with E-state index >= 15 is 0 Å². The Balaban J connectivity index is 5.08. The highest BCUT2D eigenvalue weighted by Gasteiger charge is 2.28. The molecule has 0 radical (unpaired) electrons. The summed E-state index contributed by atoms with van der Waals surface area (Å²) in [6.07, 6.45) is -2.52. The Labute approximate surface area is 158 Å². The zero-order chi connectivity index (χ0) is 21.9. The molecule has 0 saturated carbocycles. The third-order valence-electron chi connectivity index (χ3n) is 3.55. The summed E-state index contributed by atoms with van der Waals surface area (Å²) >= 11 is 0. The largest absolute Gasteiger partial charge is 0.481 e. The highest BCUT2D eigenvalue weighted by molar-refractivity contribution is 5.92. The van der Waals surface area contributed by atoms with E-state index in [0.29, 0.717) is 0 Å². The van der Waals surface area contributed by atoms with Crippen LogP contribution in [0.1, 0.15) is 38.5 Å². The molecule has 158 valence electrons. The maximum absolute atomic E-state index is 12.3. The quantitative estimate of drug-likeness (QED) is 0.166. The van der Waals surface area contributed by atoms with Gasteiger partial charge in [0.05, 0.1) is 6.04 Å². The third kappa shape index (κ3) is 10.7. The molecule has 8 N–H and O–H groups in total. The standard InChI is InChI=1S/C15H23N3O10/c16-7(1-4-10(19)20)13(25)17-8(2-5-11(21)22)14(26)18-9(15(27)28)3-6-12(23)24/h7-9H,1-6,16H2,(H,17,25)(H,18,26)(H,19,20)(H,21,22)(H,23,24)(H,27,28). The van der Waals surface area contributed by atoms with Gasteiger partial charge < -0.3 is 36.8 Å². The molecule has 0 rings (SSSR count). The van der Waals surface area contributed by atoms with Gasteiger partial charge in [0.25, 0.3) is 0 Å². The summed E-state index contributed by atoms with van der Waals surface area (Å²) in [4.78, 5) is 67.2. The number of aliphatic carboxylic acids is 4. The number of amides is 2. The van der Waals surface area contributed by atoms with Crippen LogP contribution in [0.3, 0.4) is 0 Å². The van der Waals surface area contributed by atoms with Crippen LogP contribution in [0.4, 0.5) is 0 Å². The van der Waals surface area contributed by atoms with Crippen LogP contribution in [0, 0.1) is 0 Å². The Morgan fingerprint density at radius 3 is 1.46 bits per heavy atom. The highest BCUT2D eigenvalue weighted by Crippen LogP contribution is 2.04. The van der Waals surface area contributed by atoms with Gasteiger partial charge in [0, 0.05) is 19.3 Å². The van der Waals surface area contributed by atoms with Crippen molar-refractivity contribution < 1.29 is 49.2 Å². The SMILES string of the molecule is NC(CCC(=O)O)C(=O)NC(CCC(=O)O)C(=O)NC(CCC(=O)O)C(=O)O. The van der Waals surface area contributed by atoms with E-state index in [2.05, 4.69) is 5.32 Å². The lowest BCUT2D eigenvalue weighted by Gasteiger charge is -2.22. The molecular weight excluding hydrogens is 382 g/mol. The summed E-state index contributed by atoms with van der Waals surface area (Å²) in [7, 11) is 0. The van der Waals surface area contributed by atoms with Crippen molar-refractivity contribution in [2.45, 2.75) is 56.7 Å². The lowest BCUT2D eigenvalue weighted by Crippen LogP contribution is -2.54. The molecule has 0 aliphatic rings. The van der Waals surface area contributed by atoms with Gasteiger partial charge in [0.15, 0.2) is 0 Å². The summed E-state index contributed by atoms with van der Waals surface area (Å²) in [6, 6.07) is -4.29. The van der Waals surface area contributed by atoms with Crippen LogP contribution in [0.15, 0.2) is 0 Å². The van der Waals surface area contributed by atoms with Crippen molar-refractivity contribution in [2.24, 2.45) is 5.73 Å². The molecule has 28 heavy (non-hydrogen) atoms. The van der Waals surface area contributed by atoms with Crippen LogP contribution in [0.5, 0.6) is 0 Å². The van der Waals surface area contributed by atoms with Gasteiger partial charge in [0.2, 0.25) is 11.8 Å². The second-order valence-corrected chi connectivity index (χ2v) is 5.86. The number of nitrogens with one attached hydrogen (secondary N) is 2. The van der Waals surface area contributed by atoms with Gasteiger partial charge in [-0.2, -0.15) is 0 Å². The van der Waals surface area contributed by atoms with Crippen LogP contribution in [-0.4, -0.2) is 74.2 Å². The minimum atomic E-state index is -1.56. The van der Waals surface area contributed by atoms with E-state index in [-0.39, 0.29) is 12.8 Å². The first-order valence-electron chi connectivity index (χ1n) is 8.18. The van der Waals surface area contributed by atoms with Gasteiger partial charge in [-0.25, -0.2) is 4.79 Å². The van der Waals surface area contributed by atoms with Gasteiger partial charge in [0.1, 0.15) is 12.1 Å². The van der Waals surface area contributed by atoms with E-state index < -0.39 is 79.5 Å². The summed E-state index contributed by atoms with van der Waals surface area (Å²) < 4.78 is 0. The van der Waals surface area contributed by atoms with Crippen molar-refractivity contribution >= 4 is 35.7 Å². The molecule has 0 aliphatic heterocycles. The van der Waals surface area contributed by atoms with E-state index in [1.165, 1.54) is 0 Å². The number of hydrogen-bond donors (Lipinski definition) is 7. The van der Waals surface area contributed by atoms with Gasteiger partial charge in [-0.05, 0) is 19.3 Å². The molecule has 3 atom stereocenters. The maximum atomic E-state index is 12.3. The van der Waals surface area contributed by atoms with Crippen molar-refractivity contribution in [3.05, 3.63) is 0 Å². The molecule has 0 aromatic rings. The number of rotatable bonds is 14. The van der Waals surface area contributed by atoms with E-state index in [1.54, 1.807) is 0 Å². The molecule has 0 spiro atoms. The molecular formula is C15H23N3O10. The fourth-order valence-corrected chi connectivity index (χ4v) is 2.02. The lowest BCUT2D eigenvalue weighted by molar-refractivity contribution is -0.144. The average molecular weight is 405 g/mol. The first-order chi connectivity index (χ1) is 12.9. The Morgan fingerprint density at radius 1 is 0.643 bits per heavy atom. The van der Waals surface area contributed by atoms with Crippen LogP contribution in [-0.2, 0) is 28.8 Å². The summed E-state index contributed by atoms with van der Waals surface area (Å²) in [5.41, 5.74) is 5.52. The predicted molar refractivity (Wildman–Crippen MR) is 90.1 cm³/mol. The number of carboxylic acids is 4. The first kappa shape index (κ1) is 24.8. The van der Waals surface area contributed by atoms with Gasteiger partial charge in [-0.15, -0.1) is 0 Å². The fourth-order valence-electron chi connectivity index (χ4n) is 2.02.